The van der Waals surface area contributed by atoms with E-state index in [1.54, 1.807) is 24.9 Å². The Morgan fingerprint density at radius 1 is 1.44 bits per heavy atom. The molecule has 0 spiro atoms. The lowest BCUT2D eigenvalue weighted by atomic mass is 10.3. The maximum Gasteiger partial charge on any atom is 0.274 e. The van der Waals surface area contributed by atoms with E-state index in [2.05, 4.69) is 10.0 Å². The van der Waals surface area contributed by atoms with Gasteiger partial charge < -0.3 is 9.73 Å². The molecule has 0 fully saturated rings. The highest BCUT2D eigenvalue weighted by atomic mass is 32.2. The number of thioether (sulfide) groups is 1. The predicted octanol–water partition coefficient (Wildman–Crippen LogP) is 1.42. The maximum atomic E-state index is 12.1. The highest BCUT2D eigenvalue weighted by Gasteiger charge is 2.22. The van der Waals surface area contributed by atoms with Crippen LogP contribution in [-0.2, 0) is 16.6 Å². The second-order valence-electron chi connectivity index (χ2n) is 3.93. The third kappa shape index (κ3) is 4.31. The van der Waals surface area contributed by atoms with Crippen LogP contribution in [0.25, 0.3) is 0 Å². The lowest BCUT2D eigenvalue weighted by molar-refractivity contribution is 0.402. The topological polar surface area (TPSA) is 71.3 Å². The summed E-state index contributed by atoms with van der Waals surface area (Å²) in [6.07, 6.45) is 2.71. The van der Waals surface area contributed by atoms with Crippen molar-refractivity contribution in [2.24, 2.45) is 0 Å². The van der Waals surface area contributed by atoms with Gasteiger partial charge in [-0.05, 0) is 31.9 Å². The molecule has 0 aliphatic carbocycles. The highest BCUT2D eigenvalue weighted by Crippen LogP contribution is 2.15. The van der Waals surface area contributed by atoms with Gasteiger partial charge in [0.2, 0.25) is 5.09 Å². The molecular formula is C11H20N2O3S2. The summed E-state index contributed by atoms with van der Waals surface area (Å²) in [5.74, 6) is 1.36. The van der Waals surface area contributed by atoms with Crippen LogP contribution in [0.3, 0.4) is 0 Å². The molecule has 0 saturated carbocycles. The Morgan fingerprint density at radius 3 is 2.72 bits per heavy atom. The molecule has 2 N–H and O–H groups in total. The standard InChI is InChI=1S/C11H20N2O3S2/c1-4-9(8-17-3)13-18(14,15)11-6-5-10(16-11)7-12-2/h5-6,9,12-13H,4,7-8H2,1-3H3. The van der Waals surface area contributed by atoms with E-state index in [0.29, 0.717) is 12.3 Å². The van der Waals surface area contributed by atoms with Gasteiger partial charge in [-0.1, -0.05) is 6.92 Å². The van der Waals surface area contributed by atoms with Crippen molar-refractivity contribution in [3.8, 4) is 0 Å². The van der Waals surface area contributed by atoms with Crippen molar-refractivity contribution in [2.45, 2.75) is 31.0 Å². The fourth-order valence-electron chi connectivity index (χ4n) is 1.49. The average Bonchev–Trinajstić information content (AvgIpc) is 2.78. The van der Waals surface area contributed by atoms with Crippen LogP contribution in [0.2, 0.25) is 0 Å². The Hall–Kier alpha value is -0.500. The van der Waals surface area contributed by atoms with Crippen LogP contribution in [0.1, 0.15) is 19.1 Å². The number of nitrogens with one attached hydrogen (secondary N) is 2. The van der Waals surface area contributed by atoms with E-state index in [9.17, 15) is 8.42 Å². The molecule has 1 atom stereocenters. The van der Waals surface area contributed by atoms with Gasteiger partial charge >= 0.3 is 0 Å². The molecule has 0 aliphatic rings. The van der Waals surface area contributed by atoms with E-state index in [1.807, 2.05) is 13.2 Å². The number of hydrogen-bond acceptors (Lipinski definition) is 5. The van der Waals surface area contributed by atoms with Gasteiger partial charge in [-0.25, -0.2) is 13.1 Å². The minimum atomic E-state index is -3.55. The zero-order chi connectivity index (χ0) is 13.6. The van der Waals surface area contributed by atoms with Gasteiger partial charge in [-0.15, -0.1) is 0 Å². The summed E-state index contributed by atoms with van der Waals surface area (Å²) in [6, 6.07) is 3.09. The molecule has 0 radical (unpaired) electrons. The smallest absolute Gasteiger partial charge is 0.274 e. The van der Waals surface area contributed by atoms with E-state index in [1.165, 1.54) is 6.07 Å². The molecule has 0 aliphatic heterocycles. The Labute approximate surface area is 113 Å². The Morgan fingerprint density at radius 2 is 2.17 bits per heavy atom. The van der Waals surface area contributed by atoms with Gasteiger partial charge in [-0.3, -0.25) is 0 Å². The van der Waals surface area contributed by atoms with Crippen LogP contribution in [0, 0.1) is 0 Å². The molecule has 0 bridgehead atoms. The van der Waals surface area contributed by atoms with Crippen molar-refractivity contribution < 1.29 is 12.8 Å². The van der Waals surface area contributed by atoms with Gasteiger partial charge in [0.15, 0.2) is 0 Å². The minimum absolute atomic E-state index is 0.0210. The molecule has 104 valence electrons. The van der Waals surface area contributed by atoms with Crippen LogP contribution < -0.4 is 10.0 Å². The molecule has 18 heavy (non-hydrogen) atoms. The summed E-state index contributed by atoms with van der Waals surface area (Å²) in [7, 11) is -1.77. The number of hydrogen-bond donors (Lipinski definition) is 2. The van der Waals surface area contributed by atoms with E-state index < -0.39 is 10.0 Å². The first-order chi connectivity index (χ1) is 8.53. The van der Waals surface area contributed by atoms with E-state index in [0.717, 1.165) is 12.2 Å². The SMILES string of the molecule is CCC(CSC)NS(=O)(=O)c1ccc(CNC)o1. The molecule has 1 heterocycles. The summed E-state index contributed by atoms with van der Waals surface area (Å²) in [4.78, 5) is 0. The molecule has 1 aromatic rings. The third-order valence-electron chi connectivity index (χ3n) is 2.44. The van der Waals surface area contributed by atoms with Crippen molar-refractivity contribution >= 4 is 21.8 Å². The normalized spacial score (nSPS) is 13.7. The van der Waals surface area contributed by atoms with Crippen molar-refractivity contribution in [1.29, 1.82) is 0 Å². The summed E-state index contributed by atoms with van der Waals surface area (Å²) in [5.41, 5.74) is 0. The highest BCUT2D eigenvalue weighted by molar-refractivity contribution is 7.98. The van der Waals surface area contributed by atoms with E-state index in [4.69, 9.17) is 4.42 Å². The zero-order valence-electron chi connectivity index (χ0n) is 10.9. The van der Waals surface area contributed by atoms with Crippen molar-refractivity contribution in [2.75, 3.05) is 19.1 Å². The fraction of sp³-hybridized carbons (Fsp3) is 0.636. The van der Waals surface area contributed by atoms with Gasteiger partial charge in [-0.2, -0.15) is 11.8 Å². The largest absolute Gasteiger partial charge is 0.447 e. The summed E-state index contributed by atoms with van der Waals surface area (Å²) in [6.45, 7) is 2.47. The molecule has 0 aromatic carbocycles. The summed E-state index contributed by atoms with van der Waals surface area (Å²) in [5, 5.41) is 2.89. The molecule has 0 amide bonds. The molecular weight excluding hydrogens is 272 g/mol. The van der Waals surface area contributed by atoms with Crippen LogP contribution in [-0.4, -0.2) is 33.5 Å². The summed E-state index contributed by atoms with van der Waals surface area (Å²) < 4.78 is 32.1. The van der Waals surface area contributed by atoms with Crippen molar-refractivity contribution in [3.05, 3.63) is 17.9 Å². The quantitative estimate of drug-likeness (QED) is 0.758. The Bertz CT molecular complexity index is 457. The van der Waals surface area contributed by atoms with Crippen LogP contribution in [0.5, 0.6) is 0 Å². The van der Waals surface area contributed by atoms with Gasteiger partial charge in [0.25, 0.3) is 10.0 Å². The lowest BCUT2D eigenvalue weighted by Gasteiger charge is -2.14. The van der Waals surface area contributed by atoms with E-state index in [-0.39, 0.29) is 11.1 Å². The van der Waals surface area contributed by atoms with Gasteiger partial charge in [0, 0.05) is 11.8 Å². The predicted molar refractivity (Wildman–Crippen MR) is 74.3 cm³/mol. The molecule has 1 rings (SSSR count). The number of furan rings is 1. The molecule has 1 aromatic heterocycles. The second kappa shape index (κ2) is 7.18. The Kier molecular flexibility index (Phi) is 6.20. The summed E-state index contributed by atoms with van der Waals surface area (Å²) >= 11 is 1.62. The van der Waals surface area contributed by atoms with Crippen LogP contribution >= 0.6 is 11.8 Å². The average molecular weight is 292 g/mol. The van der Waals surface area contributed by atoms with E-state index >= 15 is 0 Å². The van der Waals surface area contributed by atoms with Crippen LogP contribution in [0.15, 0.2) is 21.6 Å². The molecule has 1 unspecified atom stereocenters. The minimum Gasteiger partial charge on any atom is -0.447 e. The molecule has 0 saturated heterocycles. The second-order valence-corrected chi connectivity index (χ2v) is 6.49. The van der Waals surface area contributed by atoms with Crippen molar-refractivity contribution in [1.82, 2.24) is 10.0 Å². The molecule has 7 heteroatoms. The molecule has 5 nitrogen and oxygen atoms in total. The Balaban J connectivity index is 2.78. The number of rotatable bonds is 8. The maximum absolute atomic E-state index is 12.1. The fourth-order valence-corrected chi connectivity index (χ4v) is 3.58. The first kappa shape index (κ1) is 15.6. The van der Waals surface area contributed by atoms with Gasteiger partial charge in [0.05, 0.1) is 6.54 Å². The van der Waals surface area contributed by atoms with Crippen molar-refractivity contribution in [3.63, 3.8) is 0 Å². The lowest BCUT2D eigenvalue weighted by Crippen LogP contribution is -2.35. The van der Waals surface area contributed by atoms with Gasteiger partial charge in [0.1, 0.15) is 5.76 Å². The van der Waals surface area contributed by atoms with Crippen LogP contribution in [0.4, 0.5) is 0 Å². The number of sulfonamides is 1. The first-order valence-electron chi connectivity index (χ1n) is 5.78. The monoisotopic (exact) mass is 292 g/mol. The third-order valence-corrected chi connectivity index (χ3v) is 4.56. The first-order valence-corrected chi connectivity index (χ1v) is 8.65. The zero-order valence-corrected chi connectivity index (χ0v) is 12.5.